The van der Waals surface area contributed by atoms with Crippen molar-refractivity contribution in [2.45, 2.75) is 39.0 Å². The number of hydrogen-bond donors (Lipinski definition) is 1. The highest BCUT2D eigenvalue weighted by molar-refractivity contribution is 5.65. The lowest BCUT2D eigenvalue weighted by atomic mass is 10.1. The summed E-state index contributed by atoms with van der Waals surface area (Å²) >= 11 is 0. The van der Waals surface area contributed by atoms with Crippen LogP contribution in [0.4, 0.5) is 0 Å². The molecule has 2 aromatic rings. The van der Waals surface area contributed by atoms with Gasteiger partial charge in [-0.05, 0) is 61.7 Å². The first-order chi connectivity index (χ1) is 11.8. The fraction of sp³-hybridized carbons (Fsp3) is 0.429. The lowest BCUT2D eigenvalue weighted by Crippen LogP contribution is -1.99. The van der Waals surface area contributed by atoms with E-state index in [9.17, 15) is 0 Å². The summed E-state index contributed by atoms with van der Waals surface area (Å²) in [5, 5.41) is 0. The van der Waals surface area contributed by atoms with Gasteiger partial charge in [0.1, 0.15) is 11.5 Å². The third-order valence-corrected chi connectivity index (χ3v) is 3.95. The molecule has 0 bridgehead atoms. The summed E-state index contributed by atoms with van der Waals surface area (Å²) < 4.78 is 11.4. The first-order valence-electron chi connectivity index (χ1n) is 8.99. The molecule has 0 aliphatic rings. The largest absolute Gasteiger partial charge is 0.494 e. The third kappa shape index (κ3) is 6.25. The van der Waals surface area contributed by atoms with Gasteiger partial charge in [0, 0.05) is 0 Å². The van der Waals surface area contributed by atoms with E-state index in [2.05, 4.69) is 24.3 Å². The van der Waals surface area contributed by atoms with Crippen LogP contribution in [-0.4, -0.2) is 19.8 Å². The zero-order valence-electron chi connectivity index (χ0n) is 14.7. The van der Waals surface area contributed by atoms with Crippen molar-refractivity contribution in [1.29, 1.82) is 0 Å². The van der Waals surface area contributed by atoms with Crippen LogP contribution >= 0.6 is 0 Å². The van der Waals surface area contributed by atoms with Gasteiger partial charge in [0.2, 0.25) is 0 Å². The van der Waals surface area contributed by atoms with Crippen LogP contribution < -0.4 is 15.2 Å². The summed E-state index contributed by atoms with van der Waals surface area (Å²) in [7, 11) is 0. The number of hydrogen-bond acceptors (Lipinski definition) is 3. The summed E-state index contributed by atoms with van der Waals surface area (Å²) in [4.78, 5) is 0. The van der Waals surface area contributed by atoms with Crippen molar-refractivity contribution in [3.63, 3.8) is 0 Å². The van der Waals surface area contributed by atoms with Crippen LogP contribution in [0.5, 0.6) is 11.5 Å². The molecule has 130 valence electrons. The van der Waals surface area contributed by atoms with Crippen LogP contribution in [0.15, 0.2) is 48.5 Å². The highest BCUT2D eigenvalue weighted by Crippen LogP contribution is 2.26. The molecule has 2 N–H and O–H groups in total. The Hall–Kier alpha value is -2.00. The van der Waals surface area contributed by atoms with Gasteiger partial charge in [-0.25, -0.2) is 0 Å². The quantitative estimate of drug-likeness (QED) is 0.588. The smallest absolute Gasteiger partial charge is 0.119 e. The zero-order chi connectivity index (χ0) is 17.0. The van der Waals surface area contributed by atoms with Crippen molar-refractivity contribution in [1.82, 2.24) is 0 Å². The monoisotopic (exact) mass is 327 g/mol. The molecule has 3 heteroatoms. The van der Waals surface area contributed by atoms with Crippen LogP contribution in [0.2, 0.25) is 0 Å². The van der Waals surface area contributed by atoms with Gasteiger partial charge in [0.25, 0.3) is 0 Å². The Labute approximate surface area is 145 Å². The summed E-state index contributed by atoms with van der Waals surface area (Å²) in [6.07, 6.45) is 5.92. The van der Waals surface area contributed by atoms with Crippen molar-refractivity contribution in [3.05, 3.63) is 48.5 Å². The molecule has 0 radical (unpaired) electrons. The predicted molar refractivity (Wildman–Crippen MR) is 101 cm³/mol. The summed E-state index contributed by atoms with van der Waals surface area (Å²) in [5.74, 6) is 1.84. The van der Waals surface area contributed by atoms with E-state index < -0.39 is 0 Å². The highest BCUT2D eigenvalue weighted by Gasteiger charge is 2.01. The fourth-order valence-electron chi connectivity index (χ4n) is 2.64. The maximum Gasteiger partial charge on any atom is 0.119 e. The summed E-state index contributed by atoms with van der Waals surface area (Å²) in [6, 6.07) is 16.4. The molecule has 2 rings (SSSR count). The van der Waals surface area contributed by atoms with Crippen molar-refractivity contribution >= 4 is 0 Å². The first kappa shape index (κ1) is 18.3. The predicted octanol–water partition coefficient (Wildman–Crippen LogP) is 5.04. The summed E-state index contributed by atoms with van der Waals surface area (Å²) in [6.45, 7) is 4.26. The summed E-state index contributed by atoms with van der Waals surface area (Å²) in [5.41, 5.74) is 7.82. The second-order valence-electron chi connectivity index (χ2n) is 5.89. The Kier molecular flexibility index (Phi) is 8.19. The van der Waals surface area contributed by atoms with Crippen LogP contribution in [-0.2, 0) is 0 Å². The van der Waals surface area contributed by atoms with Gasteiger partial charge in [-0.15, -0.1) is 0 Å². The maximum atomic E-state index is 5.82. The van der Waals surface area contributed by atoms with Gasteiger partial charge in [0.15, 0.2) is 0 Å². The molecule has 0 unspecified atom stereocenters. The molecule has 0 saturated heterocycles. The number of nitrogens with two attached hydrogens (primary N) is 1. The second kappa shape index (κ2) is 10.7. The van der Waals surface area contributed by atoms with Gasteiger partial charge >= 0.3 is 0 Å². The highest BCUT2D eigenvalue weighted by atomic mass is 16.5. The third-order valence-electron chi connectivity index (χ3n) is 3.95. The fourth-order valence-corrected chi connectivity index (χ4v) is 2.64. The average Bonchev–Trinajstić information content (AvgIpc) is 2.62. The van der Waals surface area contributed by atoms with Crippen LogP contribution in [0, 0.1) is 0 Å². The Balaban J connectivity index is 1.79. The first-order valence-corrected chi connectivity index (χ1v) is 8.99. The van der Waals surface area contributed by atoms with Gasteiger partial charge in [-0.3, -0.25) is 0 Å². The van der Waals surface area contributed by atoms with E-state index in [4.69, 9.17) is 15.2 Å². The van der Waals surface area contributed by atoms with Gasteiger partial charge in [-0.2, -0.15) is 0 Å². The number of ether oxygens (including phenoxy) is 2. The number of benzene rings is 2. The number of unbranched alkanes of at least 4 members (excludes halogenated alkanes) is 4. The van der Waals surface area contributed by atoms with Crippen LogP contribution in [0.3, 0.4) is 0 Å². The van der Waals surface area contributed by atoms with Crippen LogP contribution in [0.25, 0.3) is 11.1 Å². The topological polar surface area (TPSA) is 44.5 Å². The molecule has 0 heterocycles. The van der Waals surface area contributed by atoms with E-state index in [-0.39, 0.29) is 0 Å². The van der Waals surface area contributed by atoms with E-state index >= 15 is 0 Å². The van der Waals surface area contributed by atoms with Crippen molar-refractivity contribution < 1.29 is 9.47 Å². The standard InChI is InChI=1S/C21H29NO2/c1-2-23-21-10-8-9-19(17-21)18-11-13-20(14-12-18)24-16-7-5-3-4-6-15-22/h8-14,17H,2-7,15-16,22H2,1H3. The molecule has 0 atom stereocenters. The van der Waals surface area contributed by atoms with Gasteiger partial charge < -0.3 is 15.2 Å². The van der Waals surface area contributed by atoms with E-state index in [1.165, 1.54) is 24.8 Å². The molecule has 0 saturated carbocycles. The molecule has 0 aliphatic heterocycles. The lowest BCUT2D eigenvalue weighted by molar-refractivity contribution is 0.304. The minimum Gasteiger partial charge on any atom is -0.494 e. The van der Waals surface area contributed by atoms with E-state index in [1.807, 2.05) is 31.2 Å². The molecular formula is C21H29NO2. The minimum atomic E-state index is 0.683. The molecular weight excluding hydrogens is 298 g/mol. The van der Waals surface area contributed by atoms with E-state index in [0.29, 0.717) is 6.61 Å². The molecule has 0 aliphatic carbocycles. The Morgan fingerprint density at radius 3 is 2.25 bits per heavy atom. The zero-order valence-corrected chi connectivity index (χ0v) is 14.7. The van der Waals surface area contributed by atoms with Gasteiger partial charge in [0.05, 0.1) is 13.2 Å². The molecule has 0 spiro atoms. The van der Waals surface area contributed by atoms with Crippen molar-refractivity contribution in [2.24, 2.45) is 5.73 Å². The Bertz CT molecular complexity index is 581. The molecule has 0 aromatic heterocycles. The molecule has 0 fully saturated rings. The van der Waals surface area contributed by atoms with Crippen molar-refractivity contribution in [2.75, 3.05) is 19.8 Å². The molecule has 0 amide bonds. The van der Waals surface area contributed by atoms with E-state index in [0.717, 1.165) is 43.1 Å². The average molecular weight is 327 g/mol. The SMILES string of the molecule is CCOc1cccc(-c2ccc(OCCCCCCCN)cc2)c1. The number of rotatable bonds is 11. The Morgan fingerprint density at radius 1 is 0.750 bits per heavy atom. The molecule has 3 nitrogen and oxygen atoms in total. The van der Waals surface area contributed by atoms with Crippen molar-refractivity contribution in [3.8, 4) is 22.6 Å². The maximum absolute atomic E-state index is 5.82. The molecule has 2 aromatic carbocycles. The van der Waals surface area contributed by atoms with Gasteiger partial charge in [-0.1, -0.05) is 43.5 Å². The molecule has 24 heavy (non-hydrogen) atoms. The normalized spacial score (nSPS) is 10.6. The minimum absolute atomic E-state index is 0.683. The van der Waals surface area contributed by atoms with E-state index in [1.54, 1.807) is 0 Å². The Morgan fingerprint density at radius 2 is 1.50 bits per heavy atom. The van der Waals surface area contributed by atoms with Crippen LogP contribution in [0.1, 0.15) is 39.0 Å². The lowest BCUT2D eigenvalue weighted by Gasteiger charge is -2.09. The second-order valence-corrected chi connectivity index (χ2v) is 5.89.